The van der Waals surface area contributed by atoms with Gasteiger partial charge in [0.2, 0.25) is 0 Å². The van der Waals surface area contributed by atoms with E-state index < -0.39 is 0 Å². The van der Waals surface area contributed by atoms with Crippen LogP contribution in [0.3, 0.4) is 0 Å². The van der Waals surface area contributed by atoms with E-state index in [1.54, 1.807) is 0 Å². The minimum atomic E-state index is 0.467. The Kier molecular flexibility index (Phi) is 4.83. The molecule has 0 amide bonds. The average molecular weight is 205 g/mol. The molecule has 1 nitrogen and oxygen atoms in total. The second-order valence-corrected chi connectivity index (χ2v) is 5.33. The van der Waals surface area contributed by atoms with Gasteiger partial charge in [0.05, 0.1) is 0 Å². The molecule has 0 aliphatic carbocycles. The lowest BCUT2D eigenvalue weighted by molar-refractivity contribution is 0.361. The molecule has 0 spiro atoms. The van der Waals surface area contributed by atoms with Gasteiger partial charge in [0, 0.05) is 6.54 Å². The number of nitrogens with one attached hydrogen (secondary N) is 1. The number of benzene rings is 1. The fraction of sp³-hybridized carbons (Fsp3) is 0.571. The molecule has 1 heteroatoms. The van der Waals surface area contributed by atoms with Gasteiger partial charge in [-0.15, -0.1) is 0 Å². The molecule has 15 heavy (non-hydrogen) atoms. The van der Waals surface area contributed by atoms with Crippen LogP contribution in [0, 0.1) is 5.41 Å². The molecule has 0 heterocycles. The third-order valence-electron chi connectivity index (χ3n) is 2.45. The van der Waals surface area contributed by atoms with Crippen molar-refractivity contribution >= 4 is 0 Å². The summed E-state index contributed by atoms with van der Waals surface area (Å²) in [5, 5.41) is 3.47. The smallest absolute Gasteiger partial charge is 0.0205 e. The lowest BCUT2D eigenvalue weighted by atomic mass is 9.91. The maximum atomic E-state index is 3.47. The van der Waals surface area contributed by atoms with E-state index in [9.17, 15) is 0 Å². The van der Waals surface area contributed by atoms with Gasteiger partial charge >= 0.3 is 0 Å². The van der Waals surface area contributed by atoms with E-state index in [1.807, 2.05) is 0 Å². The monoisotopic (exact) mass is 205 g/mol. The van der Waals surface area contributed by atoms with Crippen LogP contribution in [-0.2, 0) is 6.54 Å². The van der Waals surface area contributed by atoms with Crippen LogP contribution < -0.4 is 5.32 Å². The van der Waals surface area contributed by atoms with Gasteiger partial charge < -0.3 is 5.32 Å². The maximum Gasteiger partial charge on any atom is 0.0205 e. The Morgan fingerprint density at radius 1 is 1.07 bits per heavy atom. The highest BCUT2D eigenvalue weighted by molar-refractivity contribution is 5.14. The predicted molar refractivity (Wildman–Crippen MR) is 66.8 cm³/mol. The van der Waals surface area contributed by atoms with Crippen molar-refractivity contribution in [3.05, 3.63) is 35.9 Å². The third kappa shape index (κ3) is 6.29. The highest BCUT2D eigenvalue weighted by Gasteiger charge is 2.08. The largest absolute Gasteiger partial charge is 0.313 e. The standard InChI is InChI=1S/C14H23N/c1-14(2,3)10-7-11-15-12-13-8-5-4-6-9-13/h4-6,8-9,15H,7,10-12H2,1-3H3. The van der Waals surface area contributed by atoms with E-state index >= 15 is 0 Å². The molecule has 0 fully saturated rings. The molecule has 84 valence electrons. The van der Waals surface area contributed by atoms with E-state index in [0.717, 1.165) is 13.1 Å². The van der Waals surface area contributed by atoms with E-state index in [2.05, 4.69) is 56.4 Å². The van der Waals surface area contributed by atoms with Gasteiger partial charge in [-0.1, -0.05) is 51.1 Å². The molecule has 0 aliphatic rings. The second-order valence-electron chi connectivity index (χ2n) is 5.33. The van der Waals surface area contributed by atoms with Crippen molar-refractivity contribution in [1.82, 2.24) is 5.32 Å². The summed E-state index contributed by atoms with van der Waals surface area (Å²) in [4.78, 5) is 0. The molecule has 0 saturated carbocycles. The minimum Gasteiger partial charge on any atom is -0.313 e. The lowest BCUT2D eigenvalue weighted by Gasteiger charge is -2.17. The Morgan fingerprint density at radius 3 is 2.33 bits per heavy atom. The number of hydrogen-bond acceptors (Lipinski definition) is 1. The summed E-state index contributed by atoms with van der Waals surface area (Å²) < 4.78 is 0. The first-order chi connectivity index (χ1) is 7.08. The Hall–Kier alpha value is -0.820. The summed E-state index contributed by atoms with van der Waals surface area (Å²) in [6, 6.07) is 10.6. The summed E-state index contributed by atoms with van der Waals surface area (Å²) in [6.07, 6.45) is 2.55. The molecule has 0 unspecified atom stereocenters. The fourth-order valence-electron chi connectivity index (χ4n) is 1.57. The zero-order valence-corrected chi connectivity index (χ0v) is 10.2. The van der Waals surface area contributed by atoms with Crippen LogP contribution in [0.2, 0.25) is 0 Å². The molecule has 0 aliphatic heterocycles. The van der Waals surface area contributed by atoms with Gasteiger partial charge in [0.1, 0.15) is 0 Å². The van der Waals surface area contributed by atoms with Gasteiger partial charge in [0.15, 0.2) is 0 Å². The summed E-state index contributed by atoms with van der Waals surface area (Å²) in [7, 11) is 0. The van der Waals surface area contributed by atoms with Crippen LogP contribution >= 0.6 is 0 Å². The second kappa shape index (κ2) is 5.92. The number of rotatable bonds is 5. The fourth-order valence-corrected chi connectivity index (χ4v) is 1.57. The summed E-state index contributed by atoms with van der Waals surface area (Å²) >= 11 is 0. The molecule has 0 bridgehead atoms. The first-order valence-electron chi connectivity index (χ1n) is 5.82. The van der Waals surface area contributed by atoms with Crippen molar-refractivity contribution in [2.75, 3.05) is 6.54 Å². The van der Waals surface area contributed by atoms with Gasteiger partial charge in [0.25, 0.3) is 0 Å². The van der Waals surface area contributed by atoms with Crippen molar-refractivity contribution in [3.63, 3.8) is 0 Å². The van der Waals surface area contributed by atoms with Crippen LogP contribution in [0.1, 0.15) is 39.2 Å². The highest BCUT2D eigenvalue weighted by Crippen LogP contribution is 2.19. The van der Waals surface area contributed by atoms with E-state index in [-0.39, 0.29) is 0 Å². The van der Waals surface area contributed by atoms with Crippen LogP contribution in [-0.4, -0.2) is 6.54 Å². The number of hydrogen-bond donors (Lipinski definition) is 1. The van der Waals surface area contributed by atoms with Crippen LogP contribution in [0.15, 0.2) is 30.3 Å². The highest BCUT2D eigenvalue weighted by atomic mass is 14.8. The van der Waals surface area contributed by atoms with Gasteiger partial charge in [-0.3, -0.25) is 0 Å². The van der Waals surface area contributed by atoms with Crippen molar-refractivity contribution in [2.24, 2.45) is 5.41 Å². The minimum absolute atomic E-state index is 0.467. The molecule has 1 N–H and O–H groups in total. The van der Waals surface area contributed by atoms with E-state index in [1.165, 1.54) is 18.4 Å². The average Bonchev–Trinajstić information content (AvgIpc) is 2.17. The van der Waals surface area contributed by atoms with Crippen molar-refractivity contribution in [1.29, 1.82) is 0 Å². The molecular formula is C14H23N. The van der Waals surface area contributed by atoms with Gasteiger partial charge in [-0.2, -0.15) is 0 Å². The topological polar surface area (TPSA) is 12.0 Å². The lowest BCUT2D eigenvalue weighted by Crippen LogP contribution is -2.16. The quantitative estimate of drug-likeness (QED) is 0.724. The SMILES string of the molecule is CC(C)(C)CCCNCc1ccccc1. The van der Waals surface area contributed by atoms with Gasteiger partial charge in [-0.05, 0) is 30.4 Å². The van der Waals surface area contributed by atoms with E-state index in [4.69, 9.17) is 0 Å². The molecule has 0 radical (unpaired) electrons. The molecule has 1 aromatic carbocycles. The zero-order valence-electron chi connectivity index (χ0n) is 10.2. The first kappa shape index (κ1) is 12.3. The van der Waals surface area contributed by atoms with Crippen molar-refractivity contribution < 1.29 is 0 Å². The predicted octanol–water partition coefficient (Wildman–Crippen LogP) is 3.60. The normalized spacial score (nSPS) is 11.7. The molecule has 0 saturated heterocycles. The molecule has 0 atom stereocenters. The molecule has 0 aromatic heterocycles. The Bertz CT molecular complexity index is 258. The molecule has 1 rings (SSSR count). The van der Waals surface area contributed by atoms with Crippen molar-refractivity contribution in [2.45, 2.75) is 40.2 Å². The maximum absolute atomic E-state index is 3.47. The van der Waals surface area contributed by atoms with Crippen LogP contribution in [0.25, 0.3) is 0 Å². The summed E-state index contributed by atoms with van der Waals surface area (Å²) in [5.74, 6) is 0. The molecule has 1 aromatic rings. The first-order valence-corrected chi connectivity index (χ1v) is 5.82. The summed E-state index contributed by atoms with van der Waals surface area (Å²) in [5.41, 5.74) is 1.84. The van der Waals surface area contributed by atoms with Crippen LogP contribution in [0.5, 0.6) is 0 Å². The molecular weight excluding hydrogens is 182 g/mol. The van der Waals surface area contributed by atoms with Crippen LogP contribution in [0.4, 0.5) is 0 Å². The van der Waals surface area contributed by atoms with Crippen molar-refractivity contribution in [3.8, 4) is 0 Å². The summed E-state index contributed by atoms with van der Waals surface area (Å²) in [6.45, 7) is 9.00. The Labute approximate surface area is 93.9 Å². The zero-order chi connectivity index (χ0) is 11.1. The van der Waals surface area contributed by atoms with Gasteiger partial charge in [-0.25, -0.2) is 0 Å². The Morgan fingerprint density at radius 2 is 1.73 bits per heavy atom. The Balaban J connectivity index is 2.08. The third-order valence-corrected chi connectivity index (χ3v) is 2.45. The van der Waals surface area contributed by atoms with E-state index in [0.29, 0.717) is 5.41 Å².